The second kappa shape index (κ2) is 7.61. The van der Waals surface area contributed by atoms with E-state index >= 15 is 0 Å². The van der Waals surface area contributed by atoms with E-state index in [0.29, 0.717) is 11.5 Å². The number of carboxylic acids is 2. The van der Waals surface area contributed by atoms with Gasteiger partial charge in [0.15, 0.2) is 0 Å². The monoisotopic (exact) mass is 310 g/mol. The number of carbonyl (C=O) groups is 2. The van der Waals surface area contributed by atoms with Gasteiger partial charge in [0.2, 0.25) is 0 Å². The van der Waals surface area contributed by atoms with Crippen molar-refractivity contribution >= 4 is 24.1 Å². The highest BCUT2D eigenvalue weighted by Crippen LogP contribution is 2.22. The van der Waals surface area contributed by atoms with Crippen molar-refractivity contribution in [2.75, 3.05) is 0 Å². The zero-order chi connectivity index (χ0) is 16.7. The van der Waals surface area contributed by atoms with Crippen molar-refractivity contribution in [1.82, 2.24) is 0 Å². The standard InChI is InChI=1S/C18H14O5/c19-17(20)11-5-13-1-7-15(8-2-13)23-16-9-3-14(4-10-16)6-12-18(21)22/h1-12H,(H,19,20)(H,21,22)/b11-5+,12-6+. The van der Waals surface area contributed by atoms with Gasteiger partial charge in [-0.25, -0.2) is 9.59 Å². The Kier molecular flexibility index (Phi) is 5.30. The van der Waals surface area contributed by atoms with Crippen LogP contribution in [0.2, 0.25) is 0 Å². The SMILES string of the molecule is O=C(O)/C=C/c1ccc(Oc2ccc(/C=C/C(=O)O)cc2)cc1. The molecular formula is C18H14O5. The topological polar surface area (TPSA) is 83.8 Å². The van der Waals surface area contributed by atoms with Crippen molar-refractivity contribution < 1.29 is 24.5 Å². The van der Waals surface area contributed by atoms with Gasteiger partial charge in [0.1, 0.15) is 11.5 Å². The molecular weight excluding hydrogens is 296 g/mol. The summed E-state index contributed by atoms with van der Waals surface area (Å²) in [5, 5.41) is 17.1. The van der Waals surface area contributed by atoms with Crippen LogP contribution in [-0.2, 0) is 9.59 Å². The maximum absolute atomic E-state index is 10.4. The van der Waals surface area contributed by atoms with Crippen LogP contribution in [0.1, 0.15) is 11.1 Å². The molecule has 0 aliphatic rings. The first kappa shape index (κ1) is 16.0. The Morgan fingerprint density at radius 1 is 0.696 bits per heavy atom. The molecule has 0 heterocycles. The summed E-state index contributed by atoms with van der Waals surface area (Å²) in [6.07, 6.45) is 5.13. The molecule has 0 saturated heterocycles. The zero-order valence-electron chi connectivity index (χ0n) is 12.0. The Hall–Kier alpha value is -3.34. The third-order valence-corrected chi connectivity index (χ3v) is 2.83. The van der Waals surface area contributed by atoms with Crippen molar-refractivity contribution in [3.05, 3.63) is 71.8 Å². The van der Waals surface area contributed by atoms with E-state index in [4.69, 9.17) is 14.9 Å². The fraction of sp³-hybridized carbons (Fsp3) is 0. The first-order valence-corrected chi connectivity index (χ1v) is 6.73. The van der Waals surface area contributed by atoms with Crippen molar-refractivity contribution in [3.63, 3.8) is 0 Å². The highest BCUT2D eigenvalue weighted by atomic mass is 16.5. The van der Waals surface area contributed by atoms with Gasteiger partial charge in [-0.2, -0.15) is 0 Å². The minimum absolute atomic E-state index is 0.617. The van der Waals surface area contributed by atoms with Crippen molar-refractivity contribution in [2.24, 2.45) is 0 Å². The van der Waals surface area contributed by atoms with Gasteiger partial charge in [0.05, 0.1) is 0 Å². The molecule has 2 aromatic rings. The average molecular weight is 310 g/mol. The Morgan fingerprint density at radius 2 is 1.04 bits per heavy atom. The van der Waals surface area contributed by atoms with Crippen molar-refractivity contribution in [1.29, 1.82) is 0 Å². The Morgan fingerprint density at radius 3 is 1.35 bits per heavy atom. The Bertz CT molecular complexity index is 674. The summed E-state index contributed by atoms with van der Waals surface area (Å²) >= 11 is 0. The number of ether oxygens (including phenoxy) is 1. The Balaban J connectivity index is 2.01. The second-order valence-corrected chi connectivity index (χ2v) is 4.58. The fourth-order valence-corrected chi connectivity index (χ4v) is 1.77. The van der Waals surface area contributed by atoms with Crippen LogP contribution in [0.15, 0.2) is 60.7 Å². The molecule has 23 heavy (non-hydrogen) atoms. The van der Waals surface area contributed by atoms with Gasteiger partial charge in [-0.05, 0) is 47.5 Å². The Labute approximate surface area is 132 Å². The average Bonchev–Trinajstić information content (AvgIpc) is 2.53. The summed E-state index contributed by atoms with van der Waals surface area (Å²) in [4.78, 5) is 20.9. The second-order valence-electron chi connectivity index (χ2n) is 4.58. The number of rotatable bonds is 6. The minimum Gasteiger partial charge on any atom is -0.478 e. The van der Waals surface area contributed by atoms with Crippen LogP contribution in [0, 0.1) is 0 Å². The molecule has 0 amide bonds. The molecule has 2 N–H and O–H groups in total. The molecule has 0 aliphatic carbocycles. The van der Waals surface area contributed by atoms with Gasteiger partial charge in [0.25, 0.3) is 0 Å². The lowest BCUT2D eigenvalue weighted by Gasteiger charge is -2.06. The van der Waals surface area contributed by atoms with Crippen molar-refractivity contribution in [3.8, 4) is 11.5 Å². The van der Waals surface area contributed by atoms with Crippen LogP contribution in [0.25, 0.3) is 12.2 Å². The summed E-state index contributed by atoms with van der Waals surface area (Å²) < 4.78 is 5.66. The molecule has 0 radical (unpaired) electrons. The number of hydrogen-bond donors (Lipinski definition) is 2. The molecule has 0 spiro atoms. The molecule has 116 valence electrons. The third-order valence-electron chi connectivity index (χ3n) is 2.83. The van der Waals surface area contributed by atoms with E-state index in [-0.39, 0.29) is 0 Å². The first-order chi connectivity index (χ1) is 11.0. The van der Waals surface area contributed by atoms with Crippen LogP contribution in [-0.4, -0.2) is 22.2 Å². The van der Waals surface area contributed by atoms with Crippen LogP contribution in [0.5, 0.6) is 11.5 Å². The van der Waals surface area contributed by atoms with Crippen molar-refractivity contribution in [2.45, 2.75) is 0 Å². The van der Waals surface area contributed by atoms with E-state index in [9.17, 15) is 9.59 Å². The zero-order valence-corrected chi connectivity index (χ0v) is 12.0. The molecule has 0 saturated carbocycles. The number of hydrogen-bond acceptors (Lipinski definition) is 3. The van der Waals surface area contributed by atoms with Crippen LogP contribution < -0.4 is 4.74 Å². The van der Waals surface area contributed by atoms with Gasteiger partial charge in [0, 0.05) is 12.2 Å². The maximum Gasteiger partial charge on any atom is 0.328 e. The quantitative estimate of drug-likeness (QED) is 0.795. The predicted octanol–water partition coefficient (Wildman–Crippen LogP) is 3.67. The van der Waals surface area contributed by atoms with E-state index in [1.165, 1.54) is 12.2 Å². The predicted molar refractivity (Wildman–Crippen MR) is 86.3 cm³/mol. The summed E-state index contributed by atoms with van der Waals surface area (Å²) in [6, 6.07) is 13.9. The minimum atomic E-state index is -0.998. The molecule has 0 aromatic heterocycles. The van der Waals surface area contributed by atoms with Gasteiger partial charge in [-0.1, -0.05) is 24.3 Å². The highest BCUT2D eigenvalue weighted by molar-refractivity contribution is 5.85. The lowest BCUT2D eigenvalue weighted by atomic mass is 10.2. The smallest absolute Gasteiger partial charge is 0.328 e. The van der Waals surface area contributed by atoms with Gasteiger partial charge >= 0.3 is 11.9 Å². The van der Waals surface area contributed by atoms with E-state index in [2.05, 4.69) is 0 Å². The van der Waals surface area contributed by atoms with E-state index in [1.54, 1.807) is 48.5 Å². The molecule has 5 heteroatoms. The lowest BCUT2D eigenvalue weighted by molar-refractivity contribution is -0.132. The van der Waals surface area contributed by atoms with E-state index < -0.39 is 11.9 Å². The molecule has 0 atom stereocenters. The molecule has 0 unspecified atom stereocenters. The molecule has 2 rings (SSSR count). The van der Waals surface area contributed by atoms with Gasteiger partial charge < -0.3 is 14.9 Å². The molecule has 0 fully saturated rings. The van der Waals surface area contributed by atoms with E-state index in [0.717, 1.165) is 23.3 Å². The van der Waals surface area contributed by atoms with Gasteiger partial charge in [-0.3, -0.25) is 0 Å². The largest absolute Gasteiger partial charge is 0.478 e. The molecule has 0 aliphatic heterocycles. The summed E-state index contributed by atoms with van der Waals surface area (Å²) in [7, 11) is 0. The molecule has 0 bridgehead atoms. The van der Waals surface area contributed by atoms with Crippen LogP contribution in [0.4, 0.5) is 0 Å². The summed E-state index contributed by atoms with van der Waals surface area (Å²) in [6.45, 7) is 0. The van der Waals surface area contributed by atoms with Crippen LogP contribution >= 0.6 is 0 Å². The third kappa shape index (κ3) is 5.51. The summed E-state index contributed by atoms with van der Waals surface area (Å²) in [5.41, 5.74) is 1.52. The maximum atomic E-state index is 10.4. The summed E-state index contributed by atoms with van der Waals surface area (Å²) in [5.74, 6) is -0.762. The highest BCUT2D eigenvalue weighted by Gasteiger charge is 1.98. The number of aliphatic carboxylic acids is 2. The number of carboxylic acid groups (broad SMARTS) is 2. The number of benzene rings is 2. The van der Waals surface area contributed by atoms with Crippen LogP contribution in [0.3, 0.4) is 0 Å². The first-order valence-electron chi connectivity index (χ1n) is 6.73. The molecule has 2 aromatic carbocycles. The van der Waals surface area contributed by atoms with Gasteiger partial charge in [-0.15, -0.1) is 0 Å². The lowest BCUT2D eigenvalue weighted by Crippen LogP contribution is -1.87. The molecule has 5 nitrogen and oxygen atoms in total. The van der Waals surface area contributed by atoms with E-state index in [1.807, 2.05) is 0 Å². The normalized spacial score (nSPS) is 11.0. The fourth-order valence-electron chi connectivity index (χ4n) is 1.77.